The first-order valence-electron chi connectivity index (χ1n) is 5.00. The third-order valence-electron chi connectivity index (χ3n) is 2.21. The van der Waals surface area contributed by atoms with Crippen LogP contribution >= 0.6 is 22.9 Å². The molecular formula is C10H7ClN6S. The van der Waals surface area contributed by atoms with Crippen molar-refractivity contribution in [1.29, 1.82) is 0 Å². The van der Waals surface area contributed by atoms with Crippen molar-refractivity contribution in [2.24, 2.45) is 0 Å². The molecule has 0 aliphatic rings. The minimum absolute atomic E-state index is 0.408. The Morgan fingerprint density at radius 1 is 1.17 bits per heavy atom. The number of halogens is 1. The second-order valence-corrected chi connectivity index (χ2v) is 4.89. The van der Waals surface area contributed by atoms with E-state index in [1.54, 1.807) is 18.3 Å². The van der Waals surface area contributed by atoms with Crippen LogP contribution in [0.4, 0.5) is 5.13 Å². The molecule has 2 N–H and O–H groups in total. The van der Waals surface area contributed by atoms with Gasteiger partial charge in [0.15, 0.2) is 5.01 Å². The number of hydrogen-bond donors (Lipinski definition) is 1. The van der Waals surface area contributed by atoms with Crippen molar-refractivity contribution in [3.8, 4) is 16.4 Å². The van der Waals surface area contributed by atoms with Gasteiger partial charge in [-0.25, -0.2) is 0 Å². The van der Waals surface area contributed by atoms with Gasteiger partial charge < -0.3 is 5.73 Å². The first kappa shape index (κ1) is 11.1. The first-order valence-corrected chi connectivity index (χ1v) is 6.19. The van der Waals surface area contributed by atoms with E-state index in [-0.39, 0.29) is 0 Å². The quantitative estimate of drug-likeness (QED) is 0.775. The molecule has 18 heavy (non-hydrogen) atoms. The lowest BCUT2D eigenvalue weighted by Gasteiger charge is -1.98. The zero-order chi connectivity index (χ0) is 12.5. The molecule has 0 unspecified atom stereocenters. The molecule has 0 saturated carbocycles. The summed E-state index contributed by atoms with van der Waals surface area (Å²) in [5.41, 5.74) is 6.99. The molecule has 2 aromatic heterocycles. The van der Waals surface area contributed by atoms with E-state index in [4.69, 9.17) is 17.3 Å². The van der Waals surface area contributed by atoms with Crippen molar-refractivity contribution in [1.82, 2.24) is 25.2 Å². The highest BCUT2D eigenvalue weighted by molar-refractivity contribution is 7.18. The van der Waals surface area contributed by atoms with Gasteiger partial charge in [0.1, 0.15) is 5.69 Å². The number of nitrogens with zero attached hydrogens (tertiary/aromatic N) is 5. The molecule has 3 aromatic rings. The van der Waals surface area contributed by atoms with E-state index < -0.39 is 0 Å². The topological polar surface area (TPSA) is 82.5 Å². The highest BCUT2D eigenvalue weighted by Crippen LogP contribution is 2.22. The molecule has 0 fully saturated rings. The fourth-order valence-electron chi connectivity index (χ4n) is 1.40. The maximum atomic E-state index is 5.82. The van der Waals surface area contributed by atoms with E-state index in [2.05, 4.69) is 20.4 Å². The summed E-state index contributed by atoms with van der Waals surface area (Å²) in [6.07, 6.45) is 1.62. The number of rotatable bonds is 2. The Balaban J connectivity index is 1.96. The highest BCUT2D eigenvalue weighted by Gasteiger charge is 2.09. The van der Waals surface area contributed by atoms with Gasteiger partial charge in [-0.1, -0.05) is 22.9 Å². The van der Waals surface area contributed by atoms with Crippen LogP contribution in [0.1, 0.15) is 0 Å². The molecule has 0 radical (unpaired) electrons. The van der Waals surface area contributed by atoms with Gasteiger partial charge in [-0.05, 0) is 24.3 Å². The van der Waals surface area contributed by atoms with Gasteiger partial charge in [0.25, 0.3) is 0 Å². The lowest BCUT2D eigenvalue weighted by Crippen LogP contribution is -1.97. The van der Waals surface area contributed by atoms with Crippen LogP contribution in [0.5, 0.6) is 0 Å². The molecule has 0 atom stereocenters. The van der Waals surface area contributed by atoms with Crippen molar-refractivity contribution in [3.05, 3.63) is 35.5 Å². The van der Waals surface area contributed by atoms with Crippen molar-refractivity contribution in [2.45, 2.75) is 0 Å². The standard InChI is InChI=1S/C10H7ClN6S/c11-6-1-3-7(4-2-6)17-13-5-8(16-17)9-14-15-10(12)18-9/h1-5H,(H2,12,15). The molecule has 8 heteroatoms. The minimum atomic E-state index is 0.408. The fourth-order valence-corrected chi connectivity index (χ4v) is 2.08. The van der Waals surface area contributed by atoms with Gasteiger partial charge in [-0.15, -0.1) is 15.3 Å². The zero-order valence-corrected chi connectivity index (χ0v) is 10.6. The Bertz CT molecular complexity index is 674. The molecule has 0 spiro atoms. The number of hydrogen-bond acceptors (Lipinski definition) is 6. The normalized spacial score (nSPS) is 10.7. The minimum Gasteiger partial charge on any atom is -0.374 e. The van der Waals surface area contributed by atoms with Crippen molar-refractivity contribution >= 4 is 28.1 Å². The largest absolute Gasteiger partial charge is 0.374 e. The summed E-state index contributed by atoms with van der Waals surface area (Å²) < 4.78 is 0. The number of nitrogens with two attached hydrogens (primary N) is 1. The van der Waals surface area contributed by atoms with E-state index in [9.17, 15) is 0 Å². The monoisotopic (exact) mass is 278 g/mol. The van der Waals surface area contributed by atoms with Crippen LogP contribution < -0.4 is 5.73 Å². The lowest BCUT2D eigenvalue weighted by molar-refractivity contribution is 0.753. The van der Waals surface area contributed by atoms with Crippen LogP contribution in [0.3, 0.4) is 0 Å². The maximum Gasteiger partial charge on any atom is 0.203 e. The van der Waals surface area contributed by atoms with Gasteiger partial charge in [0.05, 0.1) is 11.9 Å². The molecule has 90 valence electrons. The Kier molecular flexibility index (Phi) is 2.69. The van der Waals surface area contributed by atoms with E-state index in [0.717, 1.165) is 5.69 Å². The Hall–Kier alpha value is -1.99. The number of anilines is 1. The summed E-state index contributed by atoms with van der Waals surface area (Å²) in [5.74, 6) is 0. The van der Waals surface area contributed by atoms with E-state index in [1.165, 1.54) is 16.1 Å². The molecule has 0 saturated heterocycles. The summed E-state index contributed by atoms with van der Waals surface area (Å²) in [7, 11) is 0. The molecule has 1 aromatic carbocycles. The maximum absolute atomic E-state index is 5.82. The van der Waals surface area contributed by atoms with E-state index in [1.807, 2.05) is 12.1 Å². The summed E-state index contributed by atoms with van der Waals surface area (Å²) >= 11 is 7.09. The summed E-state index contributed by atoms with van der Waals surface area (Å²) in [6.45, 7) is 0. The lowest BCUT2D eigenvalue weighted by atomic mass is 10.3. The van der Waals surface area contributed by atoms with Gasteiger partial charge in [0, 0.05) is 5.02 Å². The molecule has 0 amide bonds. The Labute approximate surface area is 111 Å². The predicted molar refractivity (Wildman–Crippen MR) is 69.7 cm³/mol. The van der Waals surface area contributed by atoms with Crippen LogP contribution in [-0.4, -0.2) is 25.2 Å². The van der Waals surface area contributed by atoms with Crippen LogP contribution in [-0.2, 0) is 0 Å². The number of nitrogen functional groups attached to an aromatic ring is 1. The molecule has 0 bridgehead atoms. The Morgan fingerprint density at radius 2 is 1.94 bits per heavy atom. The number of benzene rings is 1. The van der Waals surface area contributed by atoms with Crippen molar-refractivity contribution in [2.75, 3.05) is 5.73 Å². The second-order valence-electron chi connectivity index (χ2n) is 3.44. The van der Waals surface area contributed by atoms with E-state index in [0.29, 0.717) is 20.9 Å². The third kappa shape index (κ3) is 2.05. The summed E-state index contributed by atoms with van der Waals surface area (Å²) in [4.78, 5) is 1.50. The smallest absolute Gasteiger partial charge is 0.203 e. The van der Waals surface area contributed by atoms with Crippen molar-refractivity contribution in [3.63, 3.8) is 0 Å². The average Bonchev–Trinajstić information content (AvgIpc) is 2.98. The van der Waals surface area contributed by atoms with Crippen LogP contribution in [0.15, 0.2) is 30.5 Å². The molecular weight excluding hydrogens is 272 g/mol. The molecule has 6 nitrogen and oxygen atoms in total. The third-order valence-corrected chi connectivity index (χ3v) is 3.24. The van der Waals surface area contributed by atoms with Crippen molar-refractivity contribution < 1.29 is 0 Å². The van der Waals surface area contributed by atoms with E-state index >= 15 is 0 Å². The molecule has 0 aliphatic carbocycles. The van der Waals surface area contributed by atoms with Gasteiger partial charge in [-0.3, -0.25) is 0 Å². The second kappa shape index (κ2) is 4.35. The van der Waals surface area contributed by atoms with Gasteiger partial charge >= 0.3 is 0 Å². The number of aromatic nitrogens is 5. The summed E-state index contributed by atoms with van der Waals surface area (Å²) in [6, 6.07) is 7.23. The van der Waals surface area contributed by atoms with Crippen LogP contribution in [0.25, 0.3) is 16.4 Å². The van der Waals surface area contributed by atoms with Crippen LogP contribution in [0.2, 0.25) is 5.02 Å². The van der Waals surface area contributed by atoms with Gasteiger partial charge in [0.2, 0.25) is 5.13 Å². The highest BCUT2D eigenvalue weighted by atomic mass is 35.5. The Morgan fingerprint density at radius 3 is 2.61 bits per heavy atom. The first-order chi connectivity index (χ1) is 8.72. The van der Waals surface area contributed by atoms with Gasteiger partial charge in [-0.2, -0.15) is 9.90 Å². The SMILES string of the molecule is Nc1nnc(-c2cnn(-c3ccc(Cl)cc3)n2)s1. The molecule has 3 rings (SSSR count). The zero-order valence-electron chi connectivity index (χ0n) is 8.99. The van der Waals surface area contributed by atoms with Crippen LogP contribution in [0, 0.1) is 0 Å². The fraction of sp³-hybridized carbons (Fsp3) is 0. The molecule has 2 heterocycles. The average molecular weight is 279 g/mol. The summed E-state index contributed by atoms with van der Waals surface area (Å²) in [5, 5.41) is 17.8. The molecule has 0 aliphatic heterocycles. The predicted octanol–water partition coefficient (Wildman–Crippen LogP) is 2.02.